The summed E-state index contributed by atoms with van der Waals surface area (Å²) < 4.78 is 1.82. The van der Waals surface area contributed by atoms with Gasteiger partial charge in [-0.3, -0.25) is 9.48 Å². The molecule has 0 amide bonds. The van der Waals surface area contributed by atoms with Crippen LogP contribution in [0.15, 0.2) is 12.4 Å². The van der Waals surface area contributed by atoms with E-state index in [0.717, 1.165) is 50.5 Å². The smallest absolute Gasteiger partial charge is 0.139 e. The van der Waals surface area contributed by atoms with Gasteiger partial charge < -0.3 is 5.11 Å². The van der Waals surface area contributed by atoms with Crippen molar-refractivity contribution in [2.24, 2.45) is 46.3 Å². The molecule has 4 aliphatic rings. The molecule has 4 fully saturated rings. The highest BCUT2D eigenvalue weighted by Gasteiger charge is 2.61. The summed E-state index contributed by atoms with van der Waals surface area (Å²) in [5, 5.41) is 24.0. The van der Waals surface area contributed by atoms with Crippen molar-refractivity contribution in [3.05, 3.63) is 18.0 Å². The molecule has 5 nitrogen and oxygen atoms in total. The monoisotopic (exact) mass is 479 g/mol. The molecule has 5 heteroatoms. The predicted molar refractivity (Wildman–Crippen MR) is 136 cm³/mol. The number of hydrogen-bond donors (Lipinski definition) is 1. The lowest BCUT2D eigenvalue weighted by Crippen LogP contribution is -2.55. The minimum atomic E-state index is -0.476. The quantitative estimate of drug-likeness (QED) is 0.531. The first-order chi connectivity index (χ1) is 16.6. The van der Waals surface area contributed by atoms with Crippen LogP contribution in [0.25, 0.3) is 0 Å². The van der Waals surface area contributed by atoms with E-state index in [9.17, 15) is 9.90 Å². The van der Waals surface area contributed by atoms with E-state index in [-0.39, 0.29) is 17.3 Å². The lowest BCUT2D eigenvalue weighted by Gasteiger charge is -2.61. The van der Waals surface area contributed by atoms with Crippen molar-refractivity contribution >= 4 is 5.78 Å². The molecule has 1 aromatic heterocycles. The van der Waals surface area contributed by atoms with E-state index in [1.165, 1.54) is 38.5 Å². The molecular formula is C30H45N3O2. The number of ketones is 1. The van der Waals surface area contributed by atoms with Crippen LogP contribution in [-0.2, 0) is 11.3 Å². The first kappa shape index (κ1) is 25.0. The summed E-state index contributed by atoms with van der Waals surface area (Å²) in [6.45, 7) is 9.95. The normalized spacial score (nSPS) is 43.5. The van der Waals surface area contributed by atoms with E-state index in [1.54, 1.807) is 12.4 Å². The summed E-state index contributed by atoms with van der Waals surface area (Å²) in [4.78, 5) is 13.7. The molecule has 1 aromatic rings. The summed E-state index contributed by atoms with van der Waals surface area (Å²) in [5.41, 5.74) is 0.659. The van der Waals surface area contributed by atoms with Crippen molar-refractivity contribution in [1.29, 1.82) is 5.26 Å². The van der Waals surface area contributed by atoms with Crippen LogP contribution < -0.4 is 0 Å². The number of fused-ring (bicyclic) bond motifs is 5. The Kier molecular flexibility index (Phi) is 6.44. The fraction of sp³-hybridized carbons (Fsp3) is 0.833. The van der Waals surface area contributed by atoms with Crippen molar-refractivity contribution in [3.8, 4) is 6.07 Å². The standard InChI is InChI=1S/C30H45N3O2/c1-20(6-5-15-33-19-21(17-31)18-32-33)27(34)26-10-9-24-23-8-7-22-16-28(2,35)13-14-29(22,3)25(23)11-12-30(24,26)4/h18-20,22-26,35H,5-16H2,1-4H3/t20-,22-,23+,24+,25+,26-,28-,29+,30+/m1/s1. The van der Waals surface area contributed by atoms with Crippen LogP contribution in [0.2, 0.25) is 0 Å². The topological polar surface area (TPSA) is 78.9 Å². The van der Waals surface area contributed by atoms with Crippen LogP contribution in [0.5, 0.6) is 0 Å². The largest absolute Gasteiger partial charge is 0.390 e. The Labute approximate surface area is 211 Å². The molecule has 0 unspecified atom stereocenters. The molecule has 4 aliphatic carbocycles. The second-order valence-corrected chi connectivity index (χ2v) is 13.6. The summed E-state index contributed by atoms with van der Waals surface area (Å²) >= 11 is 0. The number of nitrogens with zero attached hydrogens (tertiary/aromatic N) is 3. The van der Waals surface area contributed by atoms with Crippen molar-refractivity contribution in [3.63, 3.8) is 0 Å². The Morgan fingerprint density at radius 2 is 1.91 bits per heavy atom. The molecule has 5 rings (SSSR count). The van der Waals surface area contributed by atoms with Gasteiger partial charge in [0.1, 0.15) is 11.9 Å². The van der Waals surface area contributed by atoms with Gasteiger partial charge in [0.05, 0.1) is 17.4 Å². The van der Waals surface area contributed by atoms with E-state index in [2.05, 4.69) is 31.9 Å². The number of aliphatic hydroxyl groups is 1. The number of nitriles is 1. The SMILES string of the molecule is C[C@H](CCCn1cc(C#N)cn1)C(=O)[C@H]1CC[C@H]2[C@@H]3CC[C@@H]4C[C@](C)(O)CC[C@]4(C)[C@H]3CC[C@]12C. The zero-order valence-corrected chi connectivity index (χ0v) is 22.3. The van der Waals surface area contributed by atoms with Gasteiger partial charge in [-0.25, -0.2) is 0 Å². The van der Waals surface area contributed by atoms with Gasteiger partial charge in [0, 0.05) is 24.6 Å². The Balaban J connectivity index is 1.22. The first-order valence-corrected chi connectivity index (χ1v) is 14.3. The maximum absolute atomic E-state index is 13.7. The van der Waals surface area contributed by atoms with E-state index in [1.807, 2.05) is 11.6 Å². The number of carbonyl (C=O) groups excluding carboxylic acids is 1. The molecule has 0 saturated heterocycles. The predicted octanol–water partition coefficient (Wildman–Crippen LogP) is 6.15. The maximum atomic E-state index is 13.7. The highest BCUT2D eigenvalue weighted by atomic mass is 16.3. The van der Waals surface area contributed by atoms with Crippen molar-refractivity contribution in [2.45, 2.75) is 110 Å². The zero-order chi connectivity index (χ0) is 25.0. The van der Waals surface area contributed by atoms with Crippen molar-refractivity contribution in [2.75, 3.05) is 0 Å². The third kappa shape index (κ3) is 4.28. The van der Waals surface area contributed by atoms with Gasteiger partial charge in [-0.15, -0.1) is 0 Å². The molecule has 192 valence electrons. The molecule has 0 aliphatic heterocycles. The number of rotatable bonds is 6. The number of Topliss-reactive ketones (excluding diaryl/α,β-unsaturated/α-hetero) is 1. The summed E-state index contributed by atoms with van der Waals surface area (Å²) in [6.07, 6.45) is 15.6. The van der Waals surface area contributed by atoms with Crippen LogP contribution >= 0.6 is 0 Å². The van der Waals surface area contributed by atoms with E-state index < -0.39 is 5.60 Å². The van der Waals surface area contributed by atoms with Gasteiger partial charge in [0.25, 0.3) is 0 Å². The number of carbonyl (C=O) groups is 1. The summed E-state index contributed by atoms with van der Waals surface area (Å²) in [5.74, 6) is 3.70. The van der Waals surface area contributed by atoms with Crippen LogP contribution in [0.3, 0.4) is 0 Å². The second kappa shape index (κ2) is 9.02. The molecular weight excluding hydrogens is 434 g/mol. The summed E-state index contributed by atoms with van der Waals surface area (Å²) in [7, 11) is 0. The molecule has 0 bridgehead atoms. The molecule has 9 atom stereocenters. The first-order valence-electron chi connectivity index (χ1n) is 14.3. The van der Waals surface area contributed by atoms with Crippen molar-refractivity contribution < 1.29 is 9.90 Å². The van der Waals surface area contributed by atoms with Gasteiger partial charge in [-0.2, -0.15) is 10.4 Å². The Morgan fingerprint density at radius 1 is 1.14 bits per heavy atom. The molecule has 4 saturated carbocycles. The van der Waals surface area contributed by atoms with E-state index in [4.69, 9.17) is 5.26 Å². The van der Waals surface area contributed by atoms with Gasteiger partial charge in [-0.1, -0.05) is 20.8 Å². The Morgan fingerprint density at radius 3 is 2.66 bits per heavy atom. The average molecular weight is 480 g/mol. The third-order valence-corrected chi connectivity index (χ3v) is 11.6. The van der Waals surface area contributed by atoms with Gasteiger partial charge in [0.15, 0.2) is 0 Å². The lowest BCUT2D eigenvalue weighted by atomic mass is 9.44. The maximum Gasteiger partial charge on any atom is 0.139 e. The zero-order valence-electron chi connectivity index (χ0n) is 22.3. The molecule has 0 aromatic carbocycles. The minimum absolute atomic E-state index is 0.0909. The van der Waals surface area contributed by atoms with Gasteiger partial charge >= 0.3 is 0 Å². The second-order valence-electron chi connectivity index (χ2n) is 13.6. The number of aromatic nitrogens is 2. The molecule has 1 heterocycles. The molecule has 0 spiro atoms. The average Bonchev–Trinajstić information content (AvgIpc) is 3.42. The van der Waals surface area contributed by atoms with E-state index in [0.29, 0.717) is 28.6 Å². The number of hydrogen-bond acceptors (Lipinski definition) is 4. The van der Waals surface area contributed by atoms with Crippen LogP contribution in [-0.4, -0.2) is 26.3 Å². The summed E-state index contributed by atoms with van der Waals surface area (Å²) in [6, 6.07) is 2.12. The van der Waals surface area contributed by atoms with Crippen LogP contribution in [0.1, 0.15) is 104 Å². The fourth-order valence-electron chi connectivity index (χ4n) is 9.49. The minimum Gasteiger partial charge on any atom is -0.390 e. The van der Waals surface area contributed by atoms with Crippen molar-refractivity contribution in [1.82, 2.24) is 9.78 Å². The highest BCUT2D eigenvalue weighted by Crippen LogP contribution is 2.68. The van der Waals surface area contributed by atoms with Crippen LogP contribution in [0.4, 0.5) is 0 Å². The van der Waals surface area contributed by atoms with Gasteiger partial charge in [-0.05, 0) is 112 Å². The molecule has 0 radical (unpaired) electrons. The lowest BCUT2D eigenvalue weighted by molar-refractivity contribution is -0.152. The fourth-order valence-corrected chi connectivity index (χ4v) is 9.49. The molecule has 35 heavy (non-hydrogen) atoms. The van der Waals surface area contributed by atoms with Gasteiger partial charge in [0.2, 0.25) is 0 Å². The van der Waals surface area contributed by atoms with Crippen LogP contribution in [0, 0.1) is 57.7 Å². The number of aryl methyl sites for hydroxylation is 1. The van der Waals surface area contributed by atoms with E-state index >= 15 is 0 Å². The Bertz CT molecular complexity index is 992. The highest BCUT2D eigenvalue weighted by molar-refractivity contribution is 5.84. The Hall–Kier alpha value is -1.67. The molecule has 1 N–H and O–H groups in total. The third-order valence-electron chi connectivity index (χ3n) is 11.6.